The Morgan fingerprint density at radius 3 is 3.10 bits per heavy atom. The summed E-state index contributed by atoms with van der Waals surface area (Å²) in [6, 6.07) is 7.85. The molecule has 2 aliphatic rings. The van der Waals surface area contributed by atoms with Gasteiger partial charge in [-0.2, -0.15) is 0 Å². The predicted molar refractivity (Wildman–Crippen MR) is 76.8 cm³/mol. The summed E-state index contributed by atoms with van der Waals surface area (Å²) in [7, 11) is 1.41. The average molecular weight is 291 g/mol. The van der Waals surface area contributed by atoms with Crippen molar-refractivity contribution in [2.75, 3.05) is 26.9 Å². The molecule has 1 fully saturated rings. The zero-order chi connectivity index (χ0) is 14.7. The van der Waals surface area contributed by atoms with Gasteiger partial charge >= 0.3 is 5.97 Å². The molecule has 0 aliphatic carbocycles. The second-order valence-corrected chi connectivity index (χ2v) is 5.56. The van der Waals surface area contributed by atoms with Gasteiger partial charge in [-0.15, -0.1) is 0 Å². The van der Waals surface area contributed by atoms with E-state index in [2.05, 4.69) is 5.32 Å². The van der Waals surface area contributed by atoms with Gasteiger partial charge in [0.15, 0.2) is 5.54 Å². The van der Waals surface area contributed by atoms with E-state index in [-0.39, 0.29) is 18.7 Å². The zero-order valence-corrected chi connectivity index (χ0v) is 12.3. The van der Waals surface area contributed by atoms with Crippen LogP contribution in [0.25, 0.3) is 0 Å². The second-order valence-electron chi connectivity index (χ2n) is 5.56. The summed E-state index contributed by atoms with van der Waals surface area (Å²) in [5, 5.41) is 3.36. The van der Waals surface area contributed by atoms with Gasteiger partial charge < -0.3 is 14.2 Å². The van der Waals surface area contributed by atoms with Crippen LogP contribution in [0.2, 0.25) is 0 Å². The summed E-state index contributed by atoms with van der Waals surface area (Å²) in [5.74, 6) is -0.312. The first kappa shape index (κ1) is 14.5. The van der Waals surface area contributed by atoms with Gasteiger partial charge in [0.05, 0.1) is 26.4 Å². The SMILES string of the molecule is COC(=O)C1(NCC2CCCO2)COCc2ccccc21. The molecule has 1 saturated heterocycles. The van der Waals surface area contributed by atoms with Crippen LogP contribution in [-0.2, 0) is 31.2 Å². The minimum Gasteiger partial charge on any atom is -0.467 e. The maximum absolute atomic E-state index is 12.5. The van der Waals surface area contributed by atoms with E-state index >= 15 is 0 Å². The Morgan fingerprint density at radius 2 is 2.33 bits per heavy atom. The van der Waals surface area contributed by atoms with E-state index in [1.165, 1.54) is 7.11 Å². The molecule has 1 N–H and O–H groups in total. The number of benzene rings is 1. The Labute approximate surface area is 124 Å². The van der Waals surface area contributed by atoms with Crippen LogP contribution in [0.3, 0.4) is 0 Å². The van der Waals surface area contributed by atoms with Crippen LogP contribution in [0.15, 0.2) is 24.3 Å². The fourth-order valence-electron chi connectivity index (χ4n) is 3.11. The van der Waals surface area contributed by atoms with Crippen LogP contribution in [0.4, 0.5) is 0 Å². The number of rotatable bonds is 4. The number of ether oxygens (including phenoxy) is 3. The molecule has 2 atom stereocenters. The van der Waals surface area contributed by atoms with Gasteiger partial charge in [-0.3, -0.25) is 5.32 Å². The monoisotopic (exact) mass is 291 g/mol. The Kier molecular flexibility index (Phi) is 4.24. The van der Waals surface area contributed by atoms with E-state index in [9.17, 15) is 4.79 Å². The third-order valence-electron chi connectivity index (χ3n) is 4.24. The summed E-state index contributed by atoms with van der Waals surface area (Å²) < 4.78 is 16.3. The molecule has 0 bridgehead atoms. The average Bonchev–Trinajstić information content (AvgIpc) is 3.05. The van der Waals surface area contributed by atoms with Crippen molar-refractivity contribution in [3.63, 3.8) is 0 Å². The molecule has 0 spiro atoms. The quantitative estimate of drug-likeness (QED) is 0.849. The number of carbonyl (C=O) groups is 1. The van der Waals surface area contributed by atoms with Gasteiger partial charge in [-0.1, -0.05) is 24.3 Å². The minimum atomic E-state index is -0.935. The van der Waals surface area contributed by atoms with Crippen molar-refractivity contribution in [1.82, 2.24) is 5.32 Å². The number of esters is 1. The molecule has 3 rings (SSSR count). The van der Waals surface area contributed by atoms with Crippen LogP contribution in [0.1, 0.15) is 24.0 Å². The highest BCUT2D eigenvalue weighted by Gasteiger charge is 2.45. The van der Waals surface area contributed by atoms with E-state index < -0.39 is 5.54 Å². The van der Waals surface area contributed by atoms with Crippen LogP contribution in [0.5, 0.6) is 0 Å². The summed E-state index contributed by atoms with van der Waals surface area (Å²) >= 11 is 0. The number of hydrogen-bond donors (Lipinski definition) is 1. The van der Waals surface area contributed by atoms with Crippen LogP contribution >= 0.6 is 0 Å². The van der Waals surface area contributed by atoms with Gasteiger partial charge in [-0.25, -0.2) is 4.79 Å². The van der Waals surface area contributed by atoms with Gasteiger partial charge in [0.25, 0.3) is 0 Å². The smallest absolute Gasteiger partial charge is 0.333 e. The lowest BCUT2D eigenvalue weighted by molar-refractivity contribution is -0.154. The third kappa shape index (κ3) is 2.69. The molecule has 0 saturated carbocycles. The number of hydrogen-bond acceptors (Lipinski definition) is 5. The molecule has 0 aromatic heterocycles. The molecule has 5 heteroatoms. The van der Waals surface area contributed by atoms with E-state index in [1.807, 2.05) is 24.3 Å². The number of fused-ring (bicyclic) bond motifs is 1. The Bertz CT molecular complexity index is 513. The summed E-state index contributed by atoms with van der Waals surface area (Å²) in [6.45, 7) is 2.22. The van der Waals surface area contributed by atoms with Crippen molar-refractivity contribution >= 4 is 5.97 Å². The zero-order valence-electron chi connectivity index (χ0n) is 12.3. The number of nitrogens with one attached hydrogen (secondary N) is 1. The van der Waals surface area contributed by atoms with Crippen molar-refractivity contribution in [1.29, 1.82) is 0 Å². The highest BCUT2D eigenvalue weighted by Crippen LogP contribution is 2.32. The molecule has 2 heterocycles. The standard InChI is InChI=1S/C16H21NO4/c1-19-15(18)16(17-9-13-6-4-8-21-13)11-20-10-12-5-2-3-7-14(12)16/h2-3,5,7,13,17H,4,6,8-11H2,1H3. The van der Waals surface area contributed by atoms with Crippen LogP contribution in [-0.4, -0.2) is 38.9 Å². The Hall–Kier alpha value is -1.43. The summed E-state index contributed by atoms with van der Waals surface area (Å²) in [4.78, 5) is 12.5. The maximum atomic E-state index is 12.5. The molecule has 114 valence electrons. The molecular weight excluding hydrogens is 270 g/mol. The molecule has 1 aromatic carbocycles. The summed E-state index contributed by atoms with van der Waals surface area (Å²) in [6.07, 6.45) is 2.25. The lowest BCUT2D eigenvalue weighted by Crippen LogP contribution is -2.57. The molecular formula is C16H21NO4. The van der Waals surface area contributed by atoms with Crippen molar-refractivity contribution in [2.45, 2.75) is 31.1 Å². The van der Waals surface area contributed by atoms with E-state index in [4.69, 9.17) is 14.2 Å². The molecule has 0 amide bonds. The van der Waals surface area contributed by atoms with E-state index in [1.54, 1.807) is 0 Å². The lowest BCUT2D eigenvalue weighted by Gasteiger charge is -2.37. The fourth-order valence-corrected chi connectivity index (χ4v) is 3.11. The van der Waals surface area contributed by atoms with Crippen LogP contribution in [0, 0.1) is 0 Å². The Balaban J connectivity index is 1.88. The van der Waals surface area contributed by atoms with Gasteiger partial charge in [0.2, 0.25) is 0 Å². The predicted octanol–water partition coefficient (Wildman–Crippen LogP) is 1.35. The highest BCUT2D eigenvalue weighted by atomic mass is 16.5. The molecule has 1 aromatic rings. The maximum Gasteiger partial charge on any atom is 0.333 e. The third-order valence-corrected chi connectivity index (χ3v) is 4.24. The van der Waals surface area contributed by atoms with Crippen molar-refractivity contribution in [3.05, 3.63) is 35.4 Å². The van der Waals surface area contributed by atoms with Gasteiger partial charge in [-0.05, 0) is 24.0 Å². The molecule has 0 radical (unpaired) electrons. The lowest BCUT2D eigenvalue weighted by atomic mass is 9.85. The van der Waals surface area contributed by atoms with Crippen molar-refractivity contribution in [2.24, 2.45) is 0 Å². The Morgan fingerprint density at radius 1 is 1.48 bits per heavy atom. The van der Waals surface area contributed by atoms with E-state index in [0.29, 0.717) is 13.2 Å². The van der Waals surface area contributed by atoms with Crippen molar-refractivity contribution in [3.8, 4) is 0 Å². The van der Waals surface area contributed by atoms with E-state index in [0.717, 1.165) is 30.6 Å². The fraction of sp³-hybridized carbons (Fsp3) is 0.562. The highest BCUT2D eigenvalue weighted by molar-refractivity contribution is 5.83. The molecule has 21 heavy (non-hydrogen) atoms. The second kappa shape index (κ2) is 6.13. The number of methoxy groups -OCH3 is 1. The molecule has 2 unspecified atom stereocenters. The normalized spacial score (nSPS) is 28.1. The van der Waals surface area contributed by atoms with Gasteiger partial charge in [0, 0.05) is 13.2 Å². The first-order chi connectivity index (χ1) is 10.3. The summed E-state index contributed by atoms with van der Waals surface area (Å²) in [5.41, 5.74) is 1.03. The first-order valence-corrected chi connectivity index (χ1v) is 7.37. The topological polar surface area (TPSA) is 56.8 Å². The van der Waals surface area contributed by atoms with Crippen LogP contribution < -0.4 is 5.32 Å². The largest absolute Gasteiger partial charge is 0.467 e. The van der Waals surface area contributed by atoms with Gasteiger partial charge in [0.1, 0.15) is 0 Å². The molecule has 5 nitrogen and oxygen atoms in total. The first-order valence-electron chi connectivity index (χ1n) is 7.37. The molecule has 2 aliphatic heterocycles. The number of carbonyl (C=O) groups excluding carboxylic acids is 1. The minimum absolute atomic E-state index is 0.153. The van der Waals surface area contributed by atoms with Crippen molar-refractivity contribution < 1.29 is 19.0 Å².